The van der Waals surface area contributed by atoms with E-state index >= 15 is 0 Å². The van der Waals surface area contributed by atoms with Gasteiger partial charge in [0.05, 0.1) is 0 Å². The van der Waals surface area contributed by atoms with Gasteiger partial charge in [-0.05, 0) is 0 Å². The summed E-state index contributed by atoms with van der Waals surface area (Å²) < 4.78 is 0. The van der Waals surface area contributed by atoms with Crippen molar-refractivity contribution in [2.24, 2.45) is 11.0 Å². The van der Waals surface area contributed by atoms with Crippen molar-refractivity contribution in [2.75, 3.05) is 6.54 Å². The Morgan fingerprint density at radius 2 is 2.67 bits per heavy atom. The molecule has 1 unspecified atom stereocenters. The van der Waals surface area contributed by atoms with E-state index in [2.05, 4.69) is 29.7 Å². The van der Waals surface area contributed by atoms with E-state index in [0.29, 0.717) is 12.5 Å². The second-order valence-corrected chi connectivity index (χ2v) is 2.66. The molecule has 0 saturated carbocycles. The van der Waals surface area contributed by atoms with Crippen LogP contribution in [0.5, 0.6) is 0 Å². The third-order valence-corrected chi connectivity index (χ3v) is 1.83. The third kappa shape index (κ3) is 2.40. The fraction of sp³-hybridized carbons (Fsp3) is 0.375. The van der Waals surface area contributed by atoms with Crippen molar-refractivity contribution < 1.29 is 0 Å². The second kappa shape index (κ2) is 4.57. The third-order valence-electron chi connectivity index (χ3n) is 1.83. The van der Waals surface area contributed by atoms with Crippen LogP contribution in [0.1, 0.15) is 6.42 Å². The van der Waals surface area contributed by atoms with E-state index in [4.69, 9.17) is 5.53 Å². The molecule has 0 aromatic heterocycles. The van der Waals surface area contributed by atoms with Gasteiger partial charge in [-0.2, -0.15) is 0 Å². The standard InChI is InChI=1S/C8H10BN3/c9-5-7-1-3-8(4-2-7)6-11-12-10/h1,3-5,7,9H,2,6H2. The Balaban J connectivity index is 2.51. The molecule has 0 fully saturated rings. The Hall–Kier alpha value is -1.28. The van der Waals surface area contributed by atoms with Crippen LogP contribution < -0.4 is 0 Å². The molecule has 1 aliphatic carbocycles. The Labute approximate surface area is 72.5 Å². The van der Waals surface area contributed by atoms with Gasteiger partial charge in [0.1, 0.15) is 0 Å². The summed E-state index contributed by atoms with van der Waals surface area (Å²) in [6, 6.07) is 0. The average molecular weight is 159 g/mol. The number of hydrogen-bond donors (Lipinski definition) is 0. The van der Waals surface area contributed by atoms with Crippen molar-refractivity contribution >= 4 is 13.5 Å². The molecular weight excluding hydrogens is 149 g/mol. The van der Waals surface area contributed by atoms with Crippen molar-refractivity contribution in [1.82, 2.24) is 0 Å². The molecule has 1 rings (SSSR count). The van der Waals surface area contributed by atoms with Crippen molar-refractivity contribution in [3.8, 4) is 0 Å². The Kier molecular flexibility index (Phi) is 3.36. The quantitative estimate of drug-likeness (QED) is 0.259. The zero-order chi connectivity index (χ0) is 8.81. The van der Waals surface area contributed by atoms with Crippen LogP contribution in [0.3, 0.4) is 0 Å². The molecular formula is C8H10BN3. The predicted molar refractivity (Wildman–Crippen MR) is 52.6 cm³/mol. The monoisotopic (exact) mass is 159 g/mol. The maximum absolute atomic E-state index is 8.09. The fourth-order valence-corrected chi connectivity index (χ4v) is 1.09. The first-order valence-corrected chi connectivity index (χ1v) is 3.87. The maximum atomic E-state index is 8.09. The molecule has 0 radical (unpaired) electrons. The van der Waals surface area contributed by atoms with Gasteiger partial charge in [0.2, 0.25) is 0 Å². The van der Waals surface area contributed by atoms with E-state index < -0.39 is 0 Å². The minimum atomic E-state index is 0.444. The zero-order valence-electron chi connectivity index (χ0n) is 6.85. The molecule has 0 heterocycles. The average Bonchev–Trinajstić information content (AvgIpc) is 2.15. The van der Waals surface area contributed by atoms with Crippen LogP contribution in [-0.2, 0) is 0 Å². The van der Waals surface area contributed by atoms with E-state index in [1.807, 2.05) is 12.0 Å². The van der Waals surface area contributed by atoms with E-state index in [1.54, 1.807) is 0 Å². The van der Waals surface area contributed by atoms with Gasteiger partial charge in [0, 0.05) is 0 Å². The molecule has 1 atom stereocenters. The van der Waals surface area contributed by atoms with E-state index in [0.717, 1.165) is 12.0 Å². The molecule has 0 amide bonds. The van der Waals surface area contributed by atoms with Gasteiger partial charge in [0.25, 0.3) is 0 Å². The van der Waals surface area contributed by atoms with Crippen LogP contribution in [0.25, 0.3) is 10.4 Å². The first kappa shape index (κ1) is 8.82. The normalized spacial score (nSPS) is 20.9. The van der Waals surface area contributed by atoms with Crippen LogP contribution in [0.15, 0.2) is 28.9 Å². The van der Waals surface area contributed by atoms with Gasteiger partial charge in [-0.15, -0.1) is 0 Å². The molecule has 0 spiro atoms. The van der Waals surface area contributed by atoms with Crippen LogP contribution >= 0.6 is 0 Å². The Bertz CT molecular complexity index is 274. The van der Waals surface area contributed by atoms with Crippen molar-refractivity contribution in [1.29, 1.82) is 0 Å². The van der Waals surface area contributed by atoms with Crippen LogP contribution in [0.2, 0.25) is 0 Å². The van der Waals surface area contributed by atoms with E-state index in [-0.39, 0.29) is 0 Å². The van der Waals surface area contributed by atoms with Gasteiger partial charge < -0.3 is 0 Å². The van der Waals surface area contributed by atoms with Gasteiger partial charge in [-0.25, -0.2) is 0 Å². The molecule has 1 aliphatic rings. The Morgan fingerprint density at radius 1 is 1.83 bits per heavy atom. The number of rotatable bonds is 3. The molecule has 0 bridgehead atoms. The first-order valence-electron chi connectivity index (χ1n) is 3.87. The summed E-state index contributed by atoms with van der Waals surface area (Å²) in [5.74, 6) is 2.36. The summed E-state index contributed by atoms with van der Waals surface area (Å²) >= 11 is 0. The first-order chi connectivity index (χ1) is 5.86. The molecule has 60 valence electrons. The number of hydrogen-bond acceptors (Lipinski definition) is 1. The summed E-state index contributed by atoms with van der Waals surface area (Å²) in [5.41, 5.74) is 9.17. The summed E-state index contributed by atoms with van der Waals surface area (Å²) in [5, 5.41) is 3.48. The molecule has 3 nitrogen and oxygen atoms in total. The molecule has 12 heavy (non-hydrogen) atoms. The van der Waals surface area contributed by atoms with E-state index in [9.17, 15) is 0 Å². The van der Waals surface area contributed by atoms with Crippen molar-refractivity contribution in [2.45, 2.75) is 6.42 Å². The SMILES string of the molecule is B=CC1C=CC(CN=[N+]=[N-])=CC1. The van der Waals surface area contributed by atoms with Gasteiger partial charge in [-0.3, -0.25) is 0 Å². The molecule has 0 aromatic carbocycles. The van der Waals surface area contributed by atoms with Gasteiger partial charge >= 0.3 is 71.7 Å². The van der Waals surface area contributed by atoms with Gasteiger partial charge in [0.15, 0.2) is 0 Å². The minimum absolute atomic E-state index is 0.444. The van der Waals surface area contributed by atoms with Crippen molar-refractivity contribution in [3.63, 3.8) is 0 Å². The number of allylic oxidation sites excluding steroid dienone is 2. The Morgan fingerprint density at radius 3 is 3.17 bits per heavy atom. The van der Waals surface area contributed by atoms with Gasteiger partial charge in [-0.1, -0.05) is 0 Å². The van der Waals surface area contributed by atoms with Crippen LogP contribution in [0, 0.1) is 5.92 Å². The molecule has 4 heteroatoms. The number of azide groups is 1. The fourth-order valence-electron chi connectivity index (χ4n) is 1.09. The summed E-state index contributed by atoms with van der Waals surface area (Å²) in [4.78, 5) is 2.70. The van der Waals surface area contributed by atoms with Crippen LogP contribution in [0.4, 0.5) is 0 Å². The molecule has 0 saturated heterocycles. The molecule has 0 N–H and O–H groups in total. The summed E-state index contributed by atoms with van der Waals surface area (Å²) in [6.07, 6.45) is 7.12. The zero-order valence-corrected chi connectivity index (χ0v) is 6.85. The molecule has 0 aromatic rings. The van der Waals surface area contributed by atoms with Crippen molar-refractivity contribution in [3.05, 3.63) is 34.2 Å². The summed E-state index contributed by atoms with van der Waals surface area (Å²) in [6.45, 7) is 0.455. The summed E-state index contributed by atoms with van der Waals surface area (Å²) in [7, 11) is 3.71. The number of nitrogens with zero attached hydrogens (tertiary/aromatic N) is 3. The van der Waals surface area contributed by atoms with Crippen LogP contribution in [-0.4, -0.2) is 20.0 Å². The van der Waals surface area contributed by atoms with E-state index in [1.165, 1.54) is 0 Å². The topological polar surface area (TPSA) is 48.8 Å². The molecule has 0 aliphatic heterocycles. The second-order valence-electron chi connectivity index (χ2n) is 2.66. The predicted octanol–water partition coefficient (Wildman–Crippen LogP) is 1.50.